The molecule has 4 nitrogen and oxygen atoms in total. The monoisotopic (exact) mass is 237 g/mol. The van der Waals surface area contributed by atoms with Crippen molar-refractivity contribution in [1.82, 2.24) is 14.9 Å². The molecule has 2 aromatic rings. The van der Waals surface area contributed by atoms with Gasteiger partial charge in [-0.3, -0.25) is 9.36 Å². The topological polar surface area (TPSA) is 46.9 Å². The third-order valence-electron chi connectivity index (χ3n) is 2.39. The maximum Gasteiger partial charge on any atom is 0.271 e. The molecule has 2 heterocycles. The number of nitrogens with zero attached hydrogens (tertiary/aromatic N) is 2. The Labute approximate surface area is 97.9 Å². The van der Waals surface area contributed by atoms with E-state index in [2.05, 4.69) is 17.2 Å². The zero-order chi connectivity index (χ0) is 11.4. The van der Waals surface area contributed by atoms with Crippen molar-refractivity contribution >= 4 is 21.6 Å². The number of fused-ring (bicyclic) bond motifs is 1. The second-order valence-corrected chi connectivity index (χ2v) is 4.54. The van der Waals surface area contributed by atoms with Gasteiger partial charge in [-0.05, 0) is 24.4 Å². The molecule has 0 aliphatic rings. The summed E-state index contributed by atoms with van der Waals surface area (Å²) in [4.78, 5) is 16.2. The Morgan fingerprint density at radius 2 is 2.38 bits per heavy atom. The van der Waals surface area contributed by atoms with E-state index in [0.717, 1.165) is 29.7 Å². The smallest absolute Gasteiger partial charge is 0.271 e. The molecule has 5 heteroatoms. The molecule has 1 N–H and O–H groups in total. The Bertz CT molecular complexity index is 517. The lowest BCUT2D eigenvalue weighted by atomic mass is 10.4. The van der Waals surface area contributed by atoms with Crippen LogP contribution in [0.4, 0.5) is 0 Å². The van der Waals surface area contributed by atoms with Crippen molar-refractivity contribution in [3.63, 3.8) is 0 Å². The standard InChI is InChI=1S/C11H15N3OS/c1-2-4-12-5-6-14-8-13-9-3-7-16-10(9)11(14)15/h3,7-8,12H,2,4-6H2,1H3. The number of hydrogen-bond donors (Lipinski definition) is 1. The quantitative estimate of drug-likeness (QED) is 0.801. The molecule has 0 aliphatic heterocycles. The predicted octanol–water partition coefficient (Wildman–Crippen LogP) is 1.46. The van der Waals surface area contributed by atoms with Gasteiger partial charge in [0.25, 0.3) is 5.56 Å². The predicted molar refractivity (Wildman–Crippen MR) is 67.0 cm³/mol. The van der Waals surface area contributed by atoms with Crippen molar-refractivity contribution in [2.45, 2.75) is 19.9 Å². The summed E-state index contributed by atoms with van der Waals surface area (Å²) in [5.74, 6) is 0. The average molecular weight is 237 g/mol. The molecule has 0 aromatic carbocycles. The Hall–Kier alpha value is -1.20. The molecule has 2 aromatic heterocycles. The van der Waals surface area contributed by atoms with E-state index < -0.39 is 0 Å². The first-order valence-electron chi connectivity index (χ1n) is 5.46. The Kier molecular flexibility index (Phi) is 3.69. The van der Waals surface area contributed by atoms with Gasteiger partial charge in [-0.2, -0.15) is 0 Å². The fourth-order valence-corrected chi connectivity index (χ4v) is 2.33. The normalized spacial score (nSPS) is 11.1. The van der Waals surface area contributed by atoms with E-state index in [4.69, 9.17) is 0 Å². The Balaban J connectivity index is 2.12. The molecule has 0 atom stereocenters. The summed E-state index contributed by atoms with van der Waals surface area (Å²) in [6.45, 7) is 4.60. The first kappa shape index (κ1) is 11.3. The summed E-state index contributed by atoms with van der Waals surface area (Å²) in [6.07, 6.45) is 2.74. The highest BCUT2D eigenvalue weighted by Gasteiger charge is 2.04. The van der Waals surface area contributed by atoms with Crippen molar-refractivity contribution in [3.8, 4) is 0 Å². The first-order chi connectivity index (χ1) is 7.83. The van der Waals surface area contributed by atoms with Crippen LogP contribution < -0.4 is 10.9 Å². The lowest BCUT2D eigenvalue weighted by Crippen LogP contribution is -2.27. The molecular formula is C11H15N3OS. The summed E-state index contributed by atoms with van der Waals surface area (Å²) in [5, 5.41) is 5.17. The Morgan fingerprint density at radius 1 is 1.50 bits per heavy atom. The molecule has 0 saturated heterocycles. The van der Waals surface area contributed by atoms with Gasteiger partial charge >= 0.3 is 0 Å². The molecule has 0 bridgehead atoms. The SMILES string of the molecule is CCCNCCn1cnc2ccsc2c1=O. The van der Waals surface area contributed by atoms with Crippen LogP contribution in [-0.2, 0) is 6.54 Å². The first-order valence-corrected chi connectivity index (χ1v) is 6.34. The summed E-state index contributed by atoms with van der Waals surface area (Å²) < 4.78 is 2.42. The largest absolute Gasteiger partial charge is 0.315 e. The van der Waals surface area contributed by atoms with Gasteiger partial charge in [-0.15, -0.1) is 11.3 Å². The second kappa shape index (κ2) is 5.23. The fraction of sp³-hybridized carbons (Fsp3) is 0.455. The van der Waals surface area contributed by atoms with Gasteiger partial charge in [-0.1, -0.05) is 6.92 Å². The maximum absolute atomic E-state index is 12.0. The van der Waals surface area contributed by atoms with Crippen LogP contribution in [0.3, 0.4) is 0 Å². The minimum Gasteiger partial charge on any atom is -0.315 e. The number of nitrogens with one attached hydrogen (secondary N) is 1. The molecule has 0 aliphatic carbocycles. The molecule has 86 valence electrons. The zero-order valence-electron chi connectivity index (χ0n) is 9.27. The van der Waals surface area contributed by atoms with Crippen molar-refractivity contribution in [2.75, 3.05) is 13.1 Å². The summed E-state index contributed by atoms with van der Waals surface area (Å²) in [6, 6.07) is 1.88. The number of rotatable bonds is 5. The van der Waals surface area contributed by atoms with E-state index in [9.17, 15) is 4.79 Å². The van der Waals surface area contributed by atoms with Crippen LogP contribution in [0.2, 0.25) is 0 Å². The molecule has 0 radical (unpaired) electrons. The van der Waals surface area contributed by atoms with Crippen LogP contribution in [0.25, 0.3) is 10.2 Å². The minimum atomic E-state index is 0.0679. The van der Waals surface area contributed by atoms with Crippen molar-refractivity contribution in [2.24, 2.45) is 0 Å². The fourth-order valence-electron chi connectivity index (χ4n) is 1.54. The van der Waals surface area contributed by atoms with Crippen LogP contribution in [0, 0.1) is 0 Å². The van der Waals surface area contributed by atoms with Gasteiger partial charge in [0.15, 0.2) is 0 Å². The molecule has 2 rings (SSSR count). The van der Waals surface area contributed by atoms with Crippen LogP contribution >= 0.6 is 11.3 Å². The molecule has 0 spiro atoms. The van der Waals surface area contributed by atoms with E-state index in [1.165, 1.54) is 11.3 Å². The van der Waals surface area contributed by atoms with Gasteiger partial charge in [0, 0.05) is 13.1 Å². The number of thiophene rings is 1. The van der Waals surface area contributed by atoms with Gasteiger partial charge in [0.05, 0.1) is 11.8 Å². The minimum absolute atomic E-state index is 0.0679. The zero-order valence-corrected chi connectivity index (χ0v) is 10.1. The van der Waals surface area contributed by atoms with Crippen molar-refractivity contribution < 1.29 is 0 Å². The summed E-state index contributed by atoms with van der Waals surface area (Å²) in [7, 11) is 0. The highest BCUT2D eigenvalue weighted by atomic mass is 32.1. The third kappa shape index (κ3) is 2.31. The van der Waals surface area contributed by atoms with E-state index in [-0.39, 0.29) is 5.56 Å². The highest BCUT2D eigenvalue weighted by molar-refractivity contribution is 7.17. The molecule has 0 fully saturated rings. The average Bonchev–Trinajstić information content (AvgIpc) is 2.76. The van der Waals surface area contributed by atoms with Crippen molar-refractivity contribution in [3.05, 3.63) is 28.1 Å². The van der Waals surface area contributed by atoms with Gasteiger partial charge in [0.2, 0.25) is 0 Å². The lowest BCUT2D eigenvalue weighted by Gasteiger charge is -2.05. The third-order valence-corrected chi connectivity index (χ3v) is 3.28. The molecule has 0 unspecified atom stereocenters. The van der Waals surface area contributed by atoms with Crippen LogP contribution in [0.1, 0.15) is 13.3 Å². The number of aromatic nitrogens is 2. The molecule has 16 heavy (non-hydrogen) atoms. The van der Waals surface area contributed by atoms with Crippen LogP contribution in [-0.4, -0.2) is 22.6 Å². The second-order valence-electron chi connectivity index (χ2n) is 3.63. The Morgan fingerprint density at radius 3 is 3.19 bits per heavy atom. The van der Waals surface area contributed by atoms with E-state index in [1.807, 2.05) is 11.4 Å². The van der Waals surface area contributed by atoms with E-state index >= 15 is 0 Å². The number of hydrogen-bond acceptors (Lipinski definition) is 4. The van der Waals surface area contributed by atoms with Crippen LogP contribution in [0.15, 0.2) is 22.6 Å². The van der Waals surface area contributed by atoms with Crippen LogP contribution in [0.5, 0.6) is 0 Å². The van der Waals surface area contributed by atoms with E-state index in [0.29, 0.717) is 6.54 Å². The van der Waals surface area contributed by atoms with Crippen molar-refractivity contribution in [1.29, 1.82) is 0 Å². The lowest BCUT2D eigenvalue weighted by molar-refractivity contribution is 0.579. The van der Waals surface area contributed by atoms with Gasteiger partial charge < -0.3 is 5.32 Å². The summed E-state index contributed by atoms with van der Waals surface area (Å²) >= 11 is 1.46. The van der Waals surface area contributed by atoms with E-state index in [1.54, 1.807) is 10.9 Å². The van der Waals surface area contributed by atoms with Gasteiger partial charge in [-0.25, -0.2) is 4.98 Å². The molecule has 0 saturated carbocycles. The highest BCUT2D eigenvalue weighted by Crippen LogP contribution is 2.12. The maximum atomic E-state index is 12.0. The molecule has 0 amide bonds. The van der Waals surface area contributed by atoms with Gasteiger partial charge in [0.1, 0.15) is 4.70 Å². The summed E-state index contributed by atoms with van der Waals surface area (Å²) in [5.41, 5.74) is 0.867. The molecular weight excluding hydrogens is 222 g/mol.